The molecule has 6 heteroatoms. The molecule has 1 aliphatic rings. The van der Waals surface area contributed by atoms with Gasteiger partial charge in [-0.25, -0.2) is 0 Å². The molecule has 2 amide bonds. The number of anilines is 1. The smallest absolute Gasteiger partial charge is 0.265 e. The van der Waals surface area contributed by atoms with Crippen LogP contribution in [-0.4, -0.2) is 42.9 Å². The number of benzene rings is 1. The Morgan fingerprint density at radius 1 is 1.04 bits per heavy atom. The van der Waals surface area contributed by atoms with Crippen LogP contribution in [0.5, 0.6) is 0 Å². The number of carbonyl (C=O) groups excluding carboxylic acids is 2. The number of nitrogens with zero attached hydrogens (tertiary/aromatic N) is 1. The van der Waals surface area contributed by atoms with Gasteiger partial charge in [-0.2, -0.15) is 0 Å². The summed E-state index contributed by atoms with van der Waals surface area (Å²) in [4.78, 5) is 27.6. The van der Waals surface area contributed by atoms with Crippen molar-refractivity contribution in [3.05, 3.63) is 52.2 Å². The Bertz CT molecular complexity index is 763. The van der Waals surface area contributed by atoms with E-state index in [1.165, 1.54) is 30.6 Å². The van der Waals surface area contributed by atoms with E-state index in [-0.39, 0.29) is 17.4 Å². The molecule has 27 heavy (non-hydrogen) atoms. The first-order valence-corrected chi connectivity index (χ1v) is 10.3. The average Bonchev–Trinajstić information content (AvgIpc) is 3.22. The molecular weight excluding hydrogens is 358 g/mol. The van der Waals surface area contributed by atoms with E-state index >= 15 is 0 Å². The SMILES string of the molecule is CN(C)C1(CNC(=O)c2ccc(NC(=O)c3cccs3)cc2)CCCCC1. The van der Waals surface area contributed by atoms with Gasteiger partial charge in [-0.3, -0.25) is 9.59 Å². The average molecular weight is 386 g/mol. The standard InChI is InChI=1S/C21H27N3O2S/c1-24(2)21(12-4-3-5-13-21)15-22-19(25)16-8-10-17(11-9-16)23-20(26)18-7-6-14-27-18/h6-11,14H,3-5,12-13,15H2,1-2H3,(H,22,25)(H,23,26). The molecule has 0 bridgehead atoms. The van der Waals surface area contributed by atoms with Crippen LogP contribution < -0.4 is 10.6 Å². The third-order valence-electron chi connectivity index (χ3n) is 5.46. The van der Waals surface area contributed by atoms with Crippen molar-refractivity contribution in [3.63, 3.8) is 0 Å². The Kier molecular flexibility index (Phi) is 6.29. The lowest BCUT2D eigenvalue weighted by Crippen LogP contribution is -2.53. The van der Waals surface area contributed by atoms with Crippen LogP contribution in [0.3, 0.4) is 0 Å². The van der Waals surface area contributed by atoms with Crippen molar-refractivity contribution in [2.45, 2.75) is 37.6 Å². The van der Waals surface area contributed by atoms with Gasteiger partial charge in [-0.05, 0) is 62.6 Å². The molecule has 1 fully saturated rings. The second-order valence-electron chi connectivity index (χ2n) is 7.37. The van der Waals surface area contributed by atoms with Crippen LogP contribution in [0.4, 0.5) is 5.69 Å². The third kappa shape index (κ3) is 4.76. The molecule has 144 valence electrons. The van der Waals surface area contributed by atoms with Gasteiger partial charge in [0.15, 0.2) is 0 Å². The van der Waals surface area contributed by atoms with Crippen molar-refractivity contribution >= 4 is 28.8 Å². The Hall–Kier alpha value is -2.18. The molecule has 0 radical (unpaired) electrons. The molecule has 1 aromatic carbocycles. The summed E-state index contributed by atoms with van der Waals surface area (Å²) in [5.74, 6) is -0.203. The molecule has 5 nitrogen and oxygen atoms in total. The van der Waals surface area contributed by atoms with E-state index in [2.05, 4.69) is 29.6 Å². The molecule has 0 unspecified atom stereocenters. The van der Waals surface area contributed by atoms with E-state index in [1.54, 1.807) is 30.3 Å². The molecule has 0 saturated heterocycles. The molecule has 0 spiro atoms. The van der Waals surface area contributed by atoms with Crippen molar-refractivity contribution in [2.24, 2.45) is 0 Å². The predicted octanol–water partition coefficient (Wildman–Crippen LogP) is 3.99. The van der Waals surface area contributed by atoms with Crippen LogP contribution in [0.15, 0.2) is 41.8 Å². The summed E-state index contributed by atoms with van der Waals surface area (Å²) in [5.41, 5.74) is 1.35. The summed E-state index contributed by atoms with van der Waals surface area (Å²) in [5, 5.41) is 7.83. The largest absolute Gasteiger partial charge is 0.350 e. The van der Waals surface area contributed by atoms with Gasteiger partial charge in [0.05, 0.1) is 4.88 Å². The Morgan fingerprint density at radius 3 is 2.33 bits per heavy atom. The van der Waals surface area contributed by atoms with Gasteiger partial charge in [0.25, 0.3) is 11.8 Å². The zero-order chi connectivity index (χ0) is 19.3. The molecule has 1 heterocycles. The van der Waals surface area contributed by atoms with Crippen LogP contribution in [-0.2, 0) is 0 Å². The second kappa shape index (κ2) is 8.67. The number of nitrogens with one attached hydrogen (secondary N) is 2. The normalized spacial score (nSPS) is 16.1. The third-order valence-corrected chi connectivity index (χ3v) is 6.33. The predicted molar refractivity (Wildman–Crippen MR) is 111 cm³/mol. The van der Waals surface area contributed by atoms with E-state index in [4.69, 9.17) is 0 Å². The Morgan fingerprint density at radius 2 is 1.74 bits per heavy atom. The topological polar surface area (TPSA) is 61.4 Å². The van der Waals surface area contributed by atoms with Gasteiger partial charge in [-0.15, -0.1) is 11.3 Å². The number of amides is 2. The molecule has 1 aromatic heterocycles. The zero-order valence-electron chi connectivity index (χ0n) is 16.0. The highest BCUT2D eigenvalue weighted by Crippen LogP contribution is 2.31. The number of hydrogen-bond donors (Lipinski definition) is 2. The summed E-state index contributed by atoms with van der Waals surface area (Å²) < 4.78 is 0. The summed E-state index contributed by atoms with van der Waals surface area (Å²) in [6.45, 7) is 0.662. The molecule has 2 N–H and O–H groups in total. The summed E-state index contributed by atoms with van der Waals surface area (Å²) in [7, 11) is 4.20. The van der Waals surface area contributed by atoms with Crippen molar-refractivity contribution in [1.29, 1.82) is 0 Å². The Balaban J connectivity index is 1.58. The number of carbonyl (C=O) groups is 2. The van der Waals surface area contributed by atoms with Crippen LogP contribution in [0.2, 0.25) is 0 Å². The lowest BCUT2D eigenvalue weighted by Gasteiger charge is -2.43. The molecule has 0 aliphatic heterocycles. The maximum Gasteiger partial charge on any atom is 0.265 e. The maximum atomic E-state index is 12.6. The highest BCUT2D eigenvalue weighted by atomic mass is 32.1. The number of rotatable bonds is 6. The van der Waals surface area contributed by atoms with E-state index < -0.39 is 0 Å². The molecule has 1 aliphatic carbocycles. The van der Waals surface area contributed by atoms with E-state index in [1.807, 2.05) is 11.4 Å². The highest BCUT2D eigenvalue weighted by molar-refractivity contribution is 7.12. The van der Waals surface area contributed by atoms with Crippen LogP contribution in [0.25, 0.3) is 0 Å². The van der Waals surface area contributed by atoms with Crippen LogP contribution in [0.1, 0.15) is 52.1 Å². The number of likely N-dealkylation sites (N-methyl/N-ethyl adjacent to an activating group) is 1. The molecule has 3 rings (SSSR count). The lowest BCUT2D eigenvalue weighted by molar-refractivity contribution is 0.0799. The first-order chi connectivity index (χ1) is 13.0. The van der Waals surface area contributed by atoms with Gasteiger partial charge >= 0.3 is 0 Å². The molecule has 2 aromatic rings. The van der Waals surface area contributed by atoms with E-state index in [9.17, 15) is 9.59 Å². The van der Waals surface area contributed by atoms with Gasteiger partial charge in [-0.1, -0.05) is 25.3 Å². The van der Waals surface area contributed by atoms with Gasteiger partial charge in [0, 0.05) is 23.3 Å². The summed E-state index contributed by atoms with van der Waals surface area (Å²) in [6, 6.07) is 10.7. The lowest BCUT2D eigenvalue weighted by atomic mass is 9.80. The quantitative estimate of drug-likeness (QED) is 0.790. The van der Waals surface area contributed by atoms with Gasteiger partial charge in [0.1, 0.15) is 0 Å². The minimum Gasteiger partial charge on any atom is -0.350 e. The van der Waals surface area contributed by atoms with Crippen molar-refractivity contribution < 1.29 is 9.59 Å². The summed E-state index contributed by atoms with van der Waals surface area (Å²) in [6.07, 6.45) is 5.95. The highest BCUT2D eigenvalue weighted by Gasteiger charge is 2.34. The second-order valence-corrected chi connectivity index (χ2v) is 8.32. The Labute approximate surface area is 164 Å². The first-order valence-electron chi connectivity index (χ1n) is 9.41. The first kappa shape index (κ1) is 19.6. The van der Waals surface area contributed by atoms with E-state index in [0.29, 0.717) is 22.7 Å². The molecular formula is C21H27N3O2S. The van der Waals surface area contributed by atoms with E-state index in [0.717, 1.165) is 12.8 Å². The maximum absolute atomic E-state index is 12.6. The van der Waals surface area contributed by atoms with Crippen LogP contribution >= 0.6 is 11.3 Å². The van der Waals surface area contributed by atoms with Crippen molar-refractivity contribution in [1.82, 2.24) is 10.2 Å². The summed E-state index contributed by atoms with van der Waals surface area (Å²) >= 11 is 1.40. The van der Waals surface area contributed by atoms with Crippen molar-refractivity contribution in [3.8, 4) is 0 Å². The van der Waals surface area contributed by atoms with Crippen LogP contribution in [0, 0.1) is 0 Å². The fourth-order valence-electron chi connectivity index (χ4n) is 3.64. The fourth-order valence-corrected chi connectivity index (χ4v) is 4.26. The monoisotopic (exact) mass is 385 g/mol. The zero-order valence-corrected chi connectivity index (χ0v) is 16.8. The number of thiophene rings is 1. The fraction of sp³-hybridized carbons (Fsp3) is 0.429. The van der Waals surface area contributed by atoms with Gasteiger partial charge < -0.3 is 15.5 Å². The number of hydrogen-bond acceptors (Lipinski definition) is 4. The van der Waals surface area contributed by atoms with Gasteiger partial charge in [0.2, 0.25) is 0 Å². The molecule has 1 saturated carbocycles. The van der Waals surface area contributed by atoms with Crippen molar-refractivity contribution in [2.75, 3.05) is 26.0 Å². The minimum atomic E-state index is -0.132. The minimum absolute atomic E-state index is 0.0581. The molecule has 0 atom stereocenters.